The molecule has 2 aromatic rings. The summed E-state index contributed by atoms with van der Waals surface area (Å²) in [5.41, 5.74) is 8.11. The molecule has 0 saturated heterocycles. The summed E-state index contributed by atoms with van der Waals surface area (Å²) in [6, 6.07) is 15.3. The molecule has 0 aliphatic carbocycles. The van der Waals surface area contributed by atoms with Crippen LogP contribution in [-0.2, 0) is 0 Å². The van der Waals surface area contributed by atoms with E-state index in [1.165, 1.54) is 0 Å². The van der Waals surface area contributed by atoms with Crippen molar-refractivity contribution in [2.45, 2.75) is 0 Å². The topological polar surface area (TPSA) is 82.3 Å². The molecular weight excluding hydrogens is 336 g/mol. The van der Waals surface area contributed by atoms with Crippen molar-refractivity contribution in [1.82, 2.24) is 16.4 Å². The van der Waals surface area contributed by atoms with Crippen LogP contribution in [0.15, 0.2) is 59.1 Å². The maximum atomic E-state index is 11.7. The smallest absolute Gasteiger partial charge is 0.307 e. The normalized spacial score (nSPS) is 9.76. The summed E-state index contributed by atoms with van der Waals surface area (Å²) in [5.74, 6) is -0.349. The van der Waals surface area contributed by atoms with Crippen molar-refractivity contribution < 1.29 is 9.59 Å². The average molecular weight is 349 g/mol. The molecule has 0 fully saturated rings. The molecule has 0 aromatic heterocycles. The van der Waals surface area contributed by atoms with Gasteiger partial charge < -0.3 is 5.32 Å². The van der Waals surface area contributed by atoms with E-state index < -0.39 is 6.03 Å². The predicted molar refractivity (Wildman–Crippen MR) is 83.3 cm³/mol. The fourth-order valence-electron chi connectivity index (χ4n) is 1.54. The molecule has 2 rings (SSSR count). The number of carbonyl (C=O) groups is 2. The Kier molecular flexibility index (Phi) is 5.30. The van der Waals surface area contributed by atoms with Crippen LogP contribution in [0.5, 0.6) is 0 Å². The second-order valence-corrected chi connectivity index (χ2v) is 4.95. The number of benzene rings is 2. The number of carbonyl (C=O) groups excluding carboxylic acids is 2. The molecule has 0 heterocycles. The second kappa shape index (κ2) is 7.41. The molecule has 0 atom stereocenters. The molecule has 0 bridgehead atoms. The lowest BCUT2D eigenvalue weighted by Gasteiger charge is -2.10. The number of hydrogen-bond acceptors (Lipinski definition) is 3. The first-order valence-electron chi connectivity index (χ1n) is 6.08. The van der Waals surface area contributed by atoms with Gasteiger partial charge in [-0.2, -0.15) is 0 Å². The van der Waals surface area contributed by atoms with Gasteiger partial charge >= 0.3 is 6.03 Å². The van der Waals surface area contributed by atoms with Gasteiger partial charge in [0.05, 0.1) is 0 Å². The molecule has 6 nitrogen and oxygen atoms in total. The third-order valence-corrected chi connectivity index (χ3v) is 2.96. The van der Waals surface area contributed by atoms with E-state index >= 15 is 0 Å². The third-order valence-electron chi connectivity index (χ3n) is 2.47. The summed E-state index contributed by atoms with van der Waals surface area (Å²) in [6.07, 6.45) is 0. The van der Waals surface area contributed by atoms with Crippen molar-refractivity contribution in [2.75, 3.05) is 5.32 Å². The molecule has 0 aliphatic rings. The maximum absolute atomic E-state index is 11.7. The zero-order valence-corrected chi connectivity index (χ0v) is 12.5. The number of hydrazine groups is 2. The Bertz CT molecular complexity index is 634. The molecular formula is C14H13BrN4O2. The molecule has 0 saturated carbocycles. The summed E-state index contributed by atoms with van der Waals surface area (Å²) in [6.45, 7) is 0. The molecule has 0 spiro atoms. The number of rotatable bonds is 4. The molecule has 4 N–H and O–H groups in total. The standard InChI is InChI=1S/C14H13BrN4O2/c15-11-7-4-8-12(9-11)16-14(21)18-19-17-13(20)10-5-2-1-3-6-10/h1-9,19H,(H,17,20)(H2,16,18,21). The Morgan fingerprint density at radius 1 is 0.905 bits per heavy atom. The van der Waals surface area contributed by atoms with Crippen LogP contribution in [0.4, 0.5) is 10.5 Å². The quantitative estimate of drug-likeness (QED) is 0.640. The van der Waals surface area contributed by atoms with Crippen molar-refractivity contribution >= 4 is 33.6 Å². The predicted octanol–water partition coefficient (Wildman–Crippen LogP) is 2.42. The van der Waals surface area contributed by atoms with Gasteiger partial charge in [-0.25, -0.2) is 4.79 Å². The van der Waals surface area contributed by atoms with E-state index in [-0.39, 0.29) is 5.91 Å². The minimum Gasteiger partial charge on any atom is -0.307 e. The molecule has 108 valence electrons. The molecule has 21 heavy (non-hydrogen) atoms. The van der Waals surface area contributed by atoms with Crippen molar-refractivity contribution in [1.29, 1.82) is 0 Å². The lowest BCUT2D eigenvalue weighted by molar-refractivity contribution is 0.0927. The Morgan fingerprint density at radius 3 is 2.38 bits per heavy atom. The summed E-state index contributed by atoms with van der Waals surface area (Å²) in [5, 5.41) is 2.60. The van der Waals surface area contributed by atoms with Crippen LogP contribution in [0.25, 0.3) is 0 Å². The zero-order chi connectivity index (χ0) is 15.1. The number of halogens is 1. The van der Waals surface area contributed by atoms with Crippen LogP contribution in [0.3, 0.4) is 0 Å². The van der Waals surface area contributed by atoms with Crippen molar-refractivity contribution in [3.8, 4) is 0 Å². The monoisotopic (exact) mass is 348 g/mol. The van der Waals surface area contributed by atoms with E-state index in [1.807, 2.05) is 12.1 Å². The van der Waals surface area contributed by atoms with Crippen molar-refractivity contribution in [3.05, 3.63) is 64.6 Å². The van der Waals surface area contributed by atoms with E-state index in [1.54, 1.807) is 42.5 Å². The maximum Gasteiger partial charge on any atom is 0.334 e. The van der Waals surface area contributed by atoms with Gasteiger partial charge in [-0.15, -0.1) is 5.53 Å². The summed E-state index contributed by atoms with van der Waals surface area (Å²) in [7, 11) is 0. The van der Waals surface area contributed by atoms with E-state index in [2.05, 4.69) is 37.6 Å². The average Bonchev–Trinajstić information content (AvgIpc) is 2.48. The Labute approximate surface area is 130 Å². The Hall–Kier alpha value is -2.38. The largest absolute Gasteiger partial charge is 0.334 e. The van der Waals surface area contributed by atoms with Gasteiger partial charge in [-0.3, -0.25) is 15.6 Å². The van der Waals surface area contributed by atoms with Crippen LogP contribution in [0.1, 0.15) is 10.4 Å². The van der Waals surface area contributed by atoms with Gasteiger partial charge in [-0.1, -0.05) is 40.2 Å². The van der Waals surface area contributed by atoms with Gasteiger partial charge in [0, 0.05) is 15.7 Å². The summed E-state index contributed by atoms with van der Waals surface area (Å²) >= 11 is 3.31. The number of anilines is 1. The highest BCUT2D eigenvalue weighted by molar-refractivity contribution is 9.10. The first-order valence-corrected chi connectivity index (χ1v) is 6.87. The number of nitrogens with one attached hydrogen (secondary N) is 4. The van der Waals surface area contributed by atoms with E-state index in [0.717, 1.165) is 4.47 Å². The van der Waals surface area contributed by atoms with Crippen LogP contribution >= 0.6 is 15.9 Å². The first-order chi connectivity index (χ1) is 10.1. The van der Waals surface area contributed by atoms with Gasteiger partial charge in [0.2, 0.25) is 0 Å². The SMILES string of the molecule is O=C(NNNC(=O)c1ccccc1)Nc1cccc(Br)c1. The zero-order valence-electron chi connectivity index (χ0n) is 10.9. The molecule has 0 radical (unpaired) electrons. The first kappa shape index (κ1) is 15.0. The molecule has 7 heteroatoms. The third kappa shape index (κ3) is 4.90. The molecule has 3 amide bonds. The lowest BCUT2D eigenvalue weighted by atomic mass is 10.2. The van der Waals surface area contributed by atoms with Gasteiger partial charge in [-0.05, 0) is 30.3 Å². The second-order valence-electron chi connectivity index (χ2n) is 4.03. The minimum absolute atomic E-state index is 0.349. The molecule has 0 unspecified atom stereocenters. The van der Waals surface area contributed by atoms with Gasteiger partial charge in [0.25, 0.3) is 5.91 Å². The van der Waals surface area contributed by atoms with Gasteiger partial charge in [0.15, 0.2) is 0 Å². The van der Waals surface area contributed by atoms with E-state index in [9.17, 15) is 9.59 Å². The highest BCUT2D eigenvalue weighted by atomic mass is 79.9. The molecule has 0 aliphatic heterocycles. The summed E-state index contributed by atoms with van der Waals surface area (Å²) < 4.78 is 0.852. The highest BCUT2D eigenvalue weighted by Crippen LogP contribution is 2.15. The van der Waals surface area contributed by atoms with Crippen LogP contribution < -0.4 is 21.7 Å². The van der Waals surface area contributed by atoms with Crippen molar-refractivity contribution in [2.24, 2.45) is 0 Å². The van der Waals surface area contributed by atoms with Crippen LogP contribution in [0.2, 0.25) is 0 Å². The lowest BCUT2D eigenvalue weighted by Crippen LogP contribution is -2.50. The number of urea groups is 1. The number of hydrogen-bond donors (Lipinski definition) is 4. The Morgan fingerprint density at radius 2 is 1.67 bits per heavy atom. The number of amides is 3. The van der Waals surface area contributed by atoms with Gasteiger partial charge in [0.1, 0.15) is 0 Å². The van der Waals surface area contributed by atoms with Crippen LogP contribution in [-0.4, -0.2) is 11.9 Å². The van der Waals surface area contributed by atoms with E-state index in [0.29, 0.717) is 11.3 Å². The summed E-state index contributed by atoms with van der Waals surface area (Å²) in [4.78, 5) is 23.3. The fourth-order valence-corrected chi connectivity index (χ4v) is 1.93. The Balaban J connectivity index is 1.76. The van der Waals surface area contributed by atoms with E-state index in [4.69, 9.17) is 0 Å². The fraction of sp³-hybridized carbons (Fsp3) is 0. The highest BCUT2D eigenvalue weighted by Gasteiger charge is 2.04. The van der Waals surface area contributed by atoms with Crippen molar-refractivity contribution in [3.63, 3.8) is 0 Å². The van der Waals surface area contributed by atoms with Crippen LogP contribution in [0, 0.1) is 0 Å². The molecule has 2 aromatic carbocycles. The minimum atomic E-state index is -0.499.